The summed E-state index contributed by atoms with van der Waals surface area (Å²) in [5, 5.41) is 3.98. The van der Waals surface area contributed by atoms with E-state index in [1.165, 1.54) is 11.1 Å². The van der Waals surface area contributed by atoms with Gasteiger partial charge in [0.15, 0.2) is 0 Å². The Morgan fingerprint density at radius 1 is 1.24 bits per heavy atom. The average Bonchev–Trinajstić information content (AvgIpc) is 3.17. The molecule has 1 aromatic carbocycles. The molecule has 0 aliphatic carbocycles. The summed E-state index contributed by atoms with van der Waals surface area (Å²) < 4.78 is 17.1. The van der Waals surface area contributed by atoms with E-state index in [4.69, 9.17) is 14.0 Å². The lowest BCUT2D eigenvalue weighted by Gasteiger charge is -2.17. The third-order valence-corrected chi connectivity index (χ3v) is 5.12. The van der Waals surface area contributed by atoms with Crippen LogP contribution in [0.1, 0.15) is 22.6 Å². The number of nitrogens with zero attached hydrogens (tertiary/aromatic N) is 2. The molecule has 25 heavy (non-hydrogen) atoms. The summed E-state index contributed by atoms with van der Waals surface area (Å²) in [6.07, 6.45) is 1.10. The van der Waals surface area contributed by atoms with E-state index in [2.05, 4.69) is 30.0 Å². The molecule has 0 radical (unpaired) electrons. The lowest BCUT2D eigenvalue weighted by Crippen LogP contribution is -2.27. The van der Waals surface area contributed by atoms with Gasteiger partial charge in [0.25, 0.3) is 0 Å². The quantitative estimate of drug-likeness (QED) is 0.772. The smallest absolute Gasteiger partial charge is 0.137 e. The molecule has 5 heteroatoms. The Morgan fingerprint density at radius 2 is 2.08 bits per heavy atom. The van der Waals surface area contributed by atoms with Gasteiger partial charge < -0.3 is 14.0 Å². The van der Waals surface area contributed by atoms with Gasteiger partial charge in [0.2, 0.25) is 0 Å². The summed E-state index contributed by atoms with van der Waals surface area (Å²) in [5.41, 5.74) is 3.42. The van der Waals surface area contributed by atoms with Gasteiger partial charge >= 0.3 is 0 Å². The lowest BCUT2D eigenvalue weighted by molar-refractivity contribution is 0.0758. The summed E-state index contributed by atoms with van der Waals surface area (Å²) >= 11 is 0. The zero-order valence-electron chi connectivity index (χ0n) is 15.6. The van der Waals surface area contributed by atoms with Crippen molar-refractivity contribution in [2.75, 3.05) is 33.4 Å². The molecule has 1 aliphatic rings. The number of likely N-dealkylation sites (tertiary alicyclic amines) is 1. The number of methoxy groups -OCH3 is 1. The number of aromatic nitrogens is 1. The molecule has 0 amide bonds. The molecule has 1 aromatic heterocycles. The molecule has 0 bridgehead atoms. The third kappa shape index (κ3) is 4.41. The zero-order chi connectivity index (χ0) is 17.8. The lowest BCUT2D eigenvalue weighted by atomic mass is 10.0. The first-order chi connectivity index (χ1) is 12.1. The Bertz CT molecular complexity index is 698. The van der Waals surface area contributed by atoms with E-state index in [-0.39, 0.29) is 6.10 Å². The standard InChI is InChI=1S/C20H28N2O3/c1-14-6-5-7-19(16(14)3)24-9-8-22-12-17(20(13-22)23-4)11-18-10-15(2)21-25-18/h5-7,10,17,20H,8-9,11-13H2,1-4H3/t17-,20+/m1/s1. The van der Waals surface area contributed by atoms with Gasteiger partial charge in [-0.1, -0.05) is 17.3 Å². The van der Waals surface area contributed by atoms with E-state index in [1.807, 2.05) is 25.1 Å². The van der Waals surface area contributed by atoms with Crippen LogP contribution in [-0.4, -0.2) is 49.5 Å². The van der Waals surface area contributed by atoms with E-state index in [0.717, 1.165) is 43.3 Å². The van der Waals surface area contributed by atoms with Crippen LogP contribution in [0.3, 0.4) is 0 Å². The van der Waals surface area contributed by atoms with Crippen molar-refractivity contribution < 1.29 is 14.0 Å². The second-order valence-corrected chi connectivity index (χ2v) is 6.98. The first-order valence-electron chi connectivity index (χ1n) is 8.93. The fourth-order valence-corrected chi connectivity index (χ4v) is 3.51. The predicted octanol–water partition coefficient (Wildman–Crippen LogP) is 3.17. The van der Waals surface area contributed by atoms with Gasteiger partial charge in [-0.15, -0.1) is 0 Å². The van der Waals surface area contributed by atoms with Crippen LogP contribution in [0.15, 0.2) is 28.8 Å². The van der Waals surface area contributed by atoms with E-state index < -0.39 is 0 Å². The van der Waals surface area contributed by atoms with Crippen LogP contribution < -0.4 is 4.74 Å². The average molecular weight is 344 g/mol. The predicted molar refractivity (Wildman–Crippen MR) is 97.1 cm³/mol. The maximum absolute atomic E-state index is 5.99. The summed E-state index contributed by atoms with van der Waals surface area (Å²) in [6.45, 7) is 9.69. The number of benzene rings is 1. The van der Waals surface area contributed by atoms with Crippen molar-refractivity contribution in [3.63, 3.8) is 0 Å². The molecule has 2 heterocycles. The third-order valence-electron chi connectivity index (χ3n) is 5.12. The first-order valence-corrected chi connectivity index (χ1v) is 8.93. The minimum absolute atomic E-state index is 0.228. The maximum atomic E-state index is 5.99. The minimum Gasteiger partial charge on any atom is -0.492 e. The van der Waals surface area contributed by atoms with Gasteiger partial charge in [-0.05, 0) is 38.0 Å². The SMILES string of the molecule is CO[C@H]1CN(CCOc2cccc(C)c2C)C[C@H]1Cc1cc(C)no1. The van der Waals surface area contributed by atoms with Crippen LogP contribution in [0.25, 0.3) is 0 Å². The van der Waals surface area contributed by atoms with Gasteiger partial charge in [-0.25, -0.2) is 0 Å². The first kappa shape index (κ1) is 18.0. The van der Waals surface area contributed by atoms with E-state index in [1.54, 1.807) is 7.11 Å². The topological polar surface area (TPSA) is 47.7 Å². The van der Waals surface area contributed by atoms with Gasteiger partial charge in [-0.3, -0.25) is 4.90 Å². The highest BCUT2D eigenvalue weighted by Crippen LogP contribution is 2.24. The van der Waals surface area contributed by atoms with Gasteiger partial charge in [0.05, 0.1) is 11.8 Å². The second-order valence-electron chi connectivity index (χ2n) is 6.98. The maximum Gasteiger partial charge on any atom is 0.137 e. The fraction of sp³-hybridized carbons (Fsp3) is 0.550. The second kappa shape index (κ2) is 8.02. The van der Waals surface area contributed by atoms with Crippen LogP contribution in [0.5, 0.6) is 5.75 Å². The van der Waals surface area contributed by atoms with Crippen molar-refractivity contribution >= 4 is 0 Å². The molecule has 0 spiro atoms. The largest absolute Gasteiger partial charge is 0.492 e. The molecule has 0 N–H and O–H groups in total. The molecule has 0 unspecified atom stereocenters. The normalized spacial score (nSPS) is 21.0. The number of hydrogen-bond acceptors (Lipinski definition) is 5. The van der Waals surface area contributed by atoms with Crippen LogP contribution >= 0.6 is 0 Å². The van der Waals surface area contributed by atoms with Crippen molar-refractivity contribution in [3.8, 4) is 5.75 Å². The number of aryl methyl sites for hydroxylation is 2. The Labute approximate surface area is 149 Å². The molecule has 3 rings (SSSR count). The Balaban J connectivity index is 1.51. The number of hydrogen-bond donors (Lipinski definition) is 0. The highest BCUT2D eigenvalue weighted by molar-refractivity contribution is 5.38. The Morgan fingerprint density at radius 3 is 2.80 bits per heavy atom. The minimum atomic E-state index is 0.228. The van der Waals surface area contributed by atoms with E-state index in [0.29, 0.717) is 12.5 Å². The van der Waals surface area contributed by atoms with Gasteiger partial charge in [0.1, 0.15) is 18.1 Å². The van der Waals surface area contributed by atoms with E-state index >= 15 is 0 Å². The van der Waals surface area contributed by atoms with Gasteiger partial charge in [0, 0.05) is 45.1 Å². The summed E-state index contributed by atoms with van der Waals surface area (Å²) in [4.78, 5) is 2.41. The summed E-state index contributed by atoms with van der Waals surface area (Å²) in [6, 6.07) is 8.21. The summed E-state index contributed by atoms with van der Waals surface area (Å²) in [5.74, 6) is 2.35. The molecule has 0 saturated carbocycles. The number of ether oxygens (including phenoxy) is 2. The molecule has 1 aliphatic heterocycles. The van der Waals surface area contributed by atoms with E-state index in [9.17, 15) is 0 Å². The Kier molecular flexibility index (Phi) is 5.76. The van der Waals surface area contributed by atoms with Crippen LogP contribution in [0.4, 0.5) is 0 Å². The molecule has 5 nitrogen and oxygen atoms in total. The molecule has 1 fully saturated rings. The van der Waals surface area contributed by atoms with Crippen LogP contribution in [0.2, 0.25) is 0 Å². The molecular formula is C20H28N2O3. The molecule has 2 aromatic rings. The van der Waals surface area contributed by atoms with Crippen molar-refractivity contribution in [1.82, 2.24) is 10.1 Å². The molecule has 1 saturated heterocycles. The number of rotatable bonds is 7. The molecule has 2 atom stereocenters. The summed E-state index contributed by atoms with van der Waals surface area (Å²) in [7, 11) is 1.79. The highest BCUT2D eigenvalue weighted by Gasteiger charge is 2.33. The van der Waals surface area contributed by atoms with Crippen molar-refractivity contribution in [2.45, 2.75) is 33.3 Å². The Hall–Kier alpha value is -1.85. The van der Waals surface area contributed by atoms with Crippen molar-refractivity contribution in [2.24, 2.45) is 5.92 Å². The van der Waals surface area contributed by atoms with Gasteiger partial charge in [-0.2, -0.15) is 0 Å². The van der Waals surface area contributed by atoms with Crippen LogP contribution in [-0.2, 0) is 11.2 Å². The van der Waals surface area contributed by atoms with Crippen LogP contribution in [0, 0.1) is 26.7 Å². The molecular weight excluding hydrogens is 316 g/mol. The fourth-order valence-electron chi connectivity index (χ4n) is 3.51. The van der Waals surface area contributed by atoms with Crippen molar-refractivity contribution in [1.29, 1.82) is 0 Å². The monoisotopic (exact) mass is 344 g/mol. The molecule has 136 valence electrons. The highest BCUT2D eigenvalue weighted by atomic mass is 16.5. The zero-order valence-corrected chi connectivity index (χ0v) is 15.6. The van der Waals surface area contributed by atoms with Crippen molar-refractivity contribution in [3.05, 3.63) is 46.8 Å².